The first kappa shape index (κ1) is 23.8. The van der Waals surface area contributed by atoms with Crippen molar-refractivity contribution >= 4 is 38.3 Å². The molecule has 186 valence electrons. The third-order valence-corrected chi connectivity index (χ3v) is 7.35. The van der Waals surface area contributed by atoms with Gasteiger partial charge in [0.1, 0.15) is 29.4 Å². The number of nitrogens with zero attached hydrogens (tertiary/aromatic N) is 2. The Morgan fingerprint density at radius 3 is 2.61 bits per heavy atom. The highest BCUT2D eigenvalue weighted by atomic mass is 32.2. The Bertz CT molecular complexity index is 1620. The molecule has 1 saturated carbocycles. The van der Waals surface area contributed by atoms with Gasteiger partial charge in [-0.05, 0) is 55.5 Å². The van der Waals surface area contributed by atoms with Gasteiger partial charge in [0.25, 0.3) is 10.0 Å². The zero-order chi connectivity index (χ0) is 25.6. The molecule has 0 spiro atoms. The number of carbonyl (C=O) groups excluding carboxylic acids is 1. The number of benzene rings is 2. The first-order valence-corrected chi connectivity index (χ1v) is 12.5. The summed E-state index contributed by atoms with van der Waals surface area (Å²) in [6, 6.07) is 4.82. The van der Waals surface area contributed by atoms with Gasteiger partial charge in [-0.25, -0.2) is 31.6 Å². The van der Waals surface area contributed by atoms with E-state index in [2.05, 4.69) is 20.3 Å². The fourth-order valence-corrected chi connectivity index (χ4v) is 4.83. The minimum atomic E-state index is -4.44. The third kappa shape index (κ3) is 4.39. The molecule has 8 nitrogen and oxygen atoms in total. The molecule has 2 aromatic carbocycles. The number of halogens is 3. The molecule has 1 fully saturated rings. The Kier molecular flexibility index (Phi) is 5.91. The summed E-state index contributed by atoms with van der Waals surface area (Å²) in [5, 5.41) is 3.41. The smallest absolute Gasteiger partial charge is 0.262 e. The van der Waals surface area contributed by atoms with E-state index in [-0.39, 0.29) is 16.5 Å². The lowest BCUT2D eigenvalue weighted by molar-refractivity contribution is 0.103. The summed E-state index contributed by atoms with van der Waals surface area (Å²) in [6.45, 7) is 2.09. The first-order chi connectivity index (χ1) is 17.2. The topological polar surface area (TPSA) is 117 Å². The molecule has 1 aliphatic carbocycles. The second-order valence-corrected chi connectivity index (χ2v) is 10.3. The molecule has 2 aromatic heterocycles. The summed E-state index contributed by atoms with van der Waals surface area (Å²) in [4.78, 5) is 23.9. The number of aromatic nitrogens is 3. The van der Waals surface area contributed by atoms with Gasteiger partial charge in [-0.1, -0.05) is 6.07 Å². The van der Waals surface area contributed by atoms with Crippen LogP contribution in [0.15, 0.2) is 47.8 Å². The molecule has 2 heterocycles. The molecule has 0 atom stereocenters. The number of ketones is 1. The van der Waals surface area contributed by atoms with Crippen LogP contribution in [0.1, 0.15) is 34.3 Å². The number of hydrogen-bond acceptors (Lipinski definition) is 6. The molecule has 4 aromatic rings. The van der Waals surface area contributed by atoms with Crippen LogP contribution in [0, 0.1) is 30.3 Å². The average molecular weight is 516 g/mol. The van der Waals surface area contributed by atoms with Crippen molar-refractivity contribution in [1.29, 1.82) is 0 Å². The summed E-state index contributed by atoms with van der Waals surface area (Å²) in [6.07, 6.45) is 4.73. The Morgan fingerprint density at radius 2 is 1.89 bits per heavy atom. The maximum absolute atomic E-state index is 15.4. The molecule has 0 unspecified atom stereocenters. The minimum Gasteiger partial charge on any atom is -0.369 e. The van der Waals surface area contributed by atoms with Crippen molar-refractivity contribution in [2.75, 3.05) is 16.6 Å². The SMILES string of the molecule is Cc1ccc(S(=O)(=O)Nc2ccc(F)c(C(=O)c3c[nH]c4ncnc(NCC5CC5)c34)c2F)cc1F. The van der Waals surface area contributed by atoms with Crippen molar-refractivity contribution in [3.63, 3.8) is 0 Å². The fraction of sp³-hybridized carbons (Fsp3) is 0.208. The number of fused-ring (bicyclic) bond motifs is 1. The predicted octanol–water partition coefficient (Wildman–Crippen LogP) is 4.54. The van der Waals surface area contributed by atoms with E-state index in [9.17, 15) is 22.0 Å². The second-order valence-electron chi connectivity index (χ2n) is 8.60. The van der Waals surface area contributed by atoms with Gasteiger partial charge in [-0.15, -0.1) is 0 Å². The highest BCUT2D eigenvalue weighted by Crippen LogP contribution is 2.32. The van der Waals surface area contributed by atoms with Crippen molar-refractivity contribution in [2.45, 2.75) is 24.7 Å². The van der Waals surface area contributed by atoms with E-state index in [0.29, 0.717) is 23.9 Å². The Balaban J connectivity index is 1.52. The highest BCUT2D eigenvalue weighted by Gasteiger charge is 2.28. The van der Waals surface area contributed by atoms with Crippen LogP contribution >= 0.6 is 0 Å². The van der Waals surface area contributed by atoms with E-state index in [1.807, 2.05) is 4.72 Å². The minimum absolute atomic E-state index is 0.0812. The molecule has 1 aliphatic rings. The van der Waals surface area contributed by atoms with Crippen molar-refractivity contribution in [3.05, 3.63) is 77.0 Å². The number of hydrogen-bond donors (Lipinski definition) is 3. The summed E-state index contributed by atoms with van der Waals surface area (Å²) < 4.78 is 71.4. The number of carbonyl (C=O) groups is 1. The zero-order valence-electron chi connectivity index (χ0n) is 18.9. The van der Waals surface area contributed by atoms with E-state index in [4.69, 9.17) is 0 Å². The van der Waals surface area contributed by atoms with Crippen molar-refractivity contribution in [3.8, 4) is 0 Å². The molecule has 0 radical (unpaired) electrons. The molecule has 0 amide bonds. The molecule has 0 bridgehead atoms. The van der Waals surface area contributed by atoms with E-state index < -0.39 is 49.4 Å². The lowest BCUT2D eigenvalue weighted by atomic mass is 10.0. The number of aromatic amines is 1. The van der Waals surface area contributed by atoms with Crippen LogP contribution in [0.2, 0.25) is 0 Å². The van der Waals surface area contributed by atoms with Gasteiger partial charge in [-0.3, -0.25) is 9.52 Å². The Hall–Kier alpha value is -3.93. The number of sulfonamides is 1. The maximum atomic E-state index is 15.4. The second kappa shape index (κ2) is 8.94. The quantitative estimate of drug-likeness (QED) is 0.297. The van der Waals surface area contributed by atoms with Crippen molar-refractivity contribution < 1.29 is 26.4 Å². The van der Waals surface area contributed by atoms with Crippen LogP contribution < -0.4 is 10.0 Å². The van der Waals surface area contributed by atoms with Crippen LogP contribution in [0.25, 0.3) is 11.0 Å². The summed E-state index contributed by atoms with van der Waals surface area (Å²) in [5.41, 5.74) is -1.18. The summed E-state index contributed by atoms with van der Waals surface area (Å²) >= 11 is 0. The number of anilines is 2. The van der Waals surface area contributed by atoms with E-state index in [1.165, 1.54) is 25.5 Å². The van der Waals surface area contributed by atoms with E-state index in [1.54, 1.807) is 0 Å². The van der Waals surface area contributed by atoms with Gasteiger partial charge in [0, 0.05) is 12.7 Å². The molecular weight excluding hydrogens is 495 g/mol. The normalized spacial score (nSPS) is 13.7. The van der Waals surface area contributed by atoms with Gasteiger partial charge in [0.15, 0.2) is 5.82 Å². The molecule has 3 N–H and O–H groups in total. The first-order valence-electron chi connectivity index (χ1n) is 11.0. The number of nitrogens with one attached hydrogen (secondary N) is 3. The van der Waals surface area contributed by atoms with Gasteiger partial charge in [0.05, 0.1) is 27.1 Å². The van der Waals surface area contributed by atoms with Gasteiger partial charge in [0.2, 0.25) is 5.78 Å². The number of aryl methyl sites for hydroxylation is 1. The molecular formula is C24H20F3N5O3S. The van der Waals surface area contributed by atoms with E-state index >= 15 is 4.39 Å². The Labute approximate surface area is 204 Å². The van der Waals surface area contributed by atoms with Crippen molar-refractivity contribution in [2.24, 2.45) is 5.92 Å². The third-order valence-electron chi connectivity index (χ3n) is 5.99. The molecule has 5 rings (SSSR count). The fourth-order valence-electron chi connectivity index (χ4n) is 3.76. The van der Waals surface area contributed by atoms with Gasteiger partial charge >= 0.3 is 0 Å². The number of H-pyrrole nitrogens is 1. The predicted molar refractivity (Wildman–Crippen MR) is 127 cm³/mol. The Morgan fingerprint density at radius 1 is 1.11 bits per heavy atom. The lowest BCUT2D eigenvalue weighted by Gasteiger charge is -2.13. The van der Waals surface area contributed by atoms with Gasteiger partial charge in [-0.2, -0.15) is 0 Å². The molecule has 36 heavy (non-hydrogen) atoms. The molecule has 12 heteroatoms. The van der Waals surface area contributed by atoms with Crippen LogP contribution in [0.3, 0.4) is 0 Å². The molecule has 0 saturated heterocycles. The summed E-state index contributed by atoms with van der Waals surface area (Å²) in [5.74, 6) is -3.54. The highest BCUT2D eigenvalue weighted by molar-refractivity contribution is 7.92. The van der Waals surface area contributed by atoms with Crippen LogP contribution in [-0.2, 0) is 10.0 Å². The van der Waals surface area contributed by atoms with Crippen LogP contribution in [0.4, 0.5) is 24.7 Å². The van der Waals surface area contributed by atoms with E-state index in [0.717, 1.165) is 37.1 Å². The number of rotatable bonds is 8. The average Bonchev–Trinajstić information content (AvgIpc) is 3.57. The van der Waals surface area contributed by atoms with Crippen molar-refractivity contribution in [1.82, 2.24) is 15.0 Å². The van der Waals surface area contributed by atoms with Gasteiger partial charge < -0.3 is 10.3 Å². The maximum Gasteiger partial charge on any atom is 0.262 e. The van der Waals surface area contributed by atoms with Crippen LogP contribution in [-0.4, -0.2) is 35.7 Å². The summed E-state index contributed by atoms with van der Waals surface area (Å²) in [7, 11) is -4.44. The molecule has 0 aliphatic heterocycles. The monoisotopic (exact) mass is 515 g/mol. The largest absolute Gasteiger partial charge is 0.369 e. The zero-order valence-corrected chi connectivity index (χ0v) is 19.7. The standard InChI is InChI=1S/C24H20F3N5O3S/c1-12-2-5-14(8-17(12)26)36(34,35)32-18-7-6-16(25)20(21(18)27)22(33)15-10-29-24-19(15)23(30-11-31-24)28-9-13-3-4-13/h2,5-8,10-11,13,32H,3-4,9H2,1H3,(H2,28,29,30,31). The van der Waals surface area contributed by atoms with Crippen LogP contribution in [0.5, 0.6) is 0 Å². The lowest BCUT2D eigenvalue weighted by Crippen LogP contribution is -2.17.